The van der Waals surface area contributed by atoms with Crippen molar-refractivity contribution in [1.29, 1.82) is 0 Å². The van der Waals surface area contributed by atoms with E-state index in [1.165, 1.54) is 38.5 Å². The van der Waals surface area contributed by atoms with Crippen LogP contribution < -0.4 is 0 Å². The quantitative estimate of drug-likeness (QED) is 0.318. The first kappa shape index (κ1) is 23.8. The Morgan fingerprint density at radius 1 is 0.542 bits per heavy atom. The van der Waals surface area contributed by atoms with Crippen LogP contribution in [0.4, 0.5) is 0 Å². The molecular formula is C20H42O4. The molecule has 0 bridgehead atoms. The van der Waals surface area contributed by atoms with Crippen LogP contribution in [0, 0.1) is 11.8 Å². The van der Waals surface area contributed by atoms with Gasteiger partial charge >= 0.3 is 0 Å². The van der Waals surface area contributed by atoms with E-state index in [0.717, 1.165) is 13.2 Å². The van der Waals surface area contributed by atoms with E-state index < -0.39 is 0 Å². The molecule has 0 radical (unpaired) electrons. The van der Waals surface area contributed by atoms with Gasteiger partial charge < -0.3 is 18.9 Å². The maximum atomic E-state index is 5.62. The molecule has 0 saturated heterocycles. The highest BCUT2D eigenvalue weighted by atomic mass is 16.6. The average molecular weight is 347 g/mol. The molecule has 0 aromatic heterocycles. The first-order chi connectivity index (χ1) is 11.7. The Bertz CT molecular complexity index is 212. The van der Waals surface area contributed by atoms with Crippen molar-refractivity contribution in [1.82, 2.24) is 0 Å². The zero-order valence-electron chi connectivity index (χ0n) is 16.7. The molecule has 0 heterocycles. The first-order valence-electron chi connectivity index (χ1n) is 10.0. The fourth-order valence-electron chi connectivity index (χ4n) is 2.40. The van der Waals surface area contributed by atoms with E-state index in [-0.39, 0.29) is 0 Å². The van der Waals surface area contributed by atoms with Crippen LogP contribution in [0.5, 0.6) is 0 Å². The SMILES string of the molecule is CCCCC(C)COCCOCCOCCOCC(C)CCCC. The minimum absolute atomic E-state index is 0.627. The first-order valence-corrected chi connectivity index (χ1v) is 10.0. The highest BCUT2D eigenvalue weighted by Crippen LogP contribution is 2.08. The molecule has 0 aromatic carbocycles. The molecule has 0 amide bonds. The van der Waals surface area contributed by atoms with Crippen molar-refractivity contribution >= 4 is 0 Å². The second kappa shape index (κ2) is 19.2. The predicted molar refractivity (Wildman–Crippen MR) is 101 cm³/mol. The summed E-state index contributed by atoms with van der Waals surface area (Å²) in [5, 5.41) is 0. The lowest BCUT2D eigenvalue weighted by atomic mass is 10.1. The van der Waals surface area contributed by atoms with E-state index in [1.54, 1.807) is 0 Å². The van der Waals surface area contributed by atoms with Crippen molar-refractivity contribution in [2.75, 3.05) is 52.9 Å². The van der Waals surface area contributed by atoms with E-state index in [1.807, 2.05) is 0 Å². The van der Waals surface area contributed by atoms with Crippen LogP contribution in [0.15, 0.2) is 0 Å². The maximum absolute atomic E-state index is 5.62. The lowest BCUT2D eigenvalue weighted by Gasteiger charge is -2.12. The van der Waals surface area contributed by atoms with E-state index in [2.05, 4.69) is 27.7 Å². The van der Waals surface area contributed by atoms with Crippen LogP contribution in [-0.2, 0) is 18.9 Å². The van der Waals surface area contributed by atoms with Gasteiger partial charge in [-0.1, -0.05) is 53.4 Å². The Labute approximate surface area is 150 Å². The molecule has 0 N–H and O–H groups in total. The molecule has 0 spiro atoms. The maximum Gasteiger partial charge on any atom is 0.0701 e. The minimum atomic E-state index is 0.627. The van der Waals surface area contributed by atoms with Crippen LogP contribution in [0.25, 0.3) is 0 Å². The molecule has 0 fully saturated rings. The third-order valence-electron chi connectivity index (χ3n) is 4.02. The van der Waals surface area contributed by atoms with Crippen molar-refractivity contribution in [2.45, 2.75) is 66.2 Å². The van der Waals surface area contributed by atoms with E-state index in [9.17, 15) is 0 Å². The van der Waals surface area contributed by atoms with Gasteiger partial charge in [-0.2, -0.15) is 0 Å². The van der Waals surface area contributed by atoms with Crippen LogP contribution in [0.1, 0.15) is 66.2 Å². The molecule has 0 rings (SSSR count). The molecule has 0 aliphatic heterocycles. The number of hydrogen-bond acceptors (Lipinski definition) is 4. The van der Waals surface area contributed by atoms with Crippen molar-refractivity contribution < 1.29 is 18.9 Å². The molecular weight excluding hydrogens is 304 g/mol. The largest absolute Gasteiger partial charge is 0.379 e. The van der Waals surface area contributed by atoms with Crippen LogP contribution in [0.3, 0.4) is 0 Å². The van der Waals surface area contributed by atoms with Gasteiger partial charge in [-0.15, -0.1) is 0 Å². The number of unbranched alkanes of at least 4 members (excludes halogenated alkanes) is 2. The van der Waals surface area contributed by atoms with Gasteiger partial charge in [-0.25, -0.2) is 0 Å². The second-order valence-electron chi connectivity index (χ2n) is 6.87. The van der Waals surface area contributed by atoms with E-state index >= 15 is 0 Å². The van der Waals surface area contributed by atoms with Crippen LogP contribution >= 0.6 is 0 Å². The molecule has 4 heteroatoms. The Balaban J connectivity index is 3.12. The van der Waals surface area contributed by atoms with Gasteiger partial charge in [0.2, 0.25) is 0 Å². The lowest BCUT2D eigenvalue weighted by molar-refractivity contribution is -0.00877. The van der Waals surface area contributed by atoms with Crippen molar-refractivity contribution in [3.63, 3.8) is 0 Å². The van der Waals surface area contributed by atoms with Gasteiger partial charge in [-0.3, -0.25) is 0 Å². The van der Waals surface area contributed by atoms with Crippen LogP contribution in [0.2, 0.25) is 0 Å². The van der Waals surface area contributed by atoms with Gasteiger partial charge in [-0.05, 0) is 24.7 Å². The second-order valence-corrected chi connectivity index (χ2v) is 6.87. The molecule has 0 aliphatic carbocycles. The smallest absolute Gasteiger partial charge is 0.0701 e. The standard InChI is InChI=1S/C20H42O4/c1-5-7-9-19(3)17-23-15-13-21-11-12-22-14-16-24-18-20(4)10-8-6-2/h19-20H,5-18H2,1-4H3. The van der Waals surface area contributed by atoms with E-state index in [4.69, 9.17) is 18.9 Å². The molecule has 2 unspecified atom stereocenters. The molecule has 24 heavy (non-hydrogen) atoms. The number of hydrogen-bond donors (Lipinski definition) is 0. The Morgan fingerprint density at radius 3 is 1.21 bits per heavy atom. The Kier molecular flexibility index (Phi) is 19.0. The summed E-state index contributed by atoms with van der Waals surface area (Å²) in [6.07, 6.45) is 7.61. The highest BCUT2D eigenvalue weighted by molar-refractivity contribution is 4.51. The minimum Gasteiger partial charge on any atom is -0.379 e. The Morgan fingerprint density at radius 2 is 0.875 bits per heavy atom. The van der Waals surface area contributed by atoms with Gasteiger partial charge in [0, 0.05) is 13.2 Å². The normalized spacial score (nSPS) is 14.0. The summed E-state index contributed by atoms with van der Waals surface area (Å²) >= 11 is 0. The van der Waals surface area contributed by atoms with Crippen molar-refractivity contribution in [3.8, 4) is 0 Å². The predicted octanol–water partition coefficient (Wildman–Crippen LogP) is 4.71. The van der Waals surface area contributed by atoms with E-state index in [0.29, 0.717) is 51.5 Å². The zero-order valence-corrected chi connectivity index (χ0v) is 16.7. The average Bonchev–Trinajstić information content (AvgIpc) is 2.58. The molecule has 2 atom stereocenters. The summed E-state index contributed by atoms with van der Waals surface area (Å²) in [7, 11) is 0. The molecule has 146 valence electrons. The van der Waals surface area contributed by atoms with Gasteiger partial charge in [0.1, 0.15) is 0 Å². The van der Waals surface area contributed by atoms with Gasteiger partial charge in [0.15, 0.2) is 0 Å². The van der Waals surface area contributed by atoms with Crippen molar-refractivity contribution in [2.24, 2.45) is 11.8 Å². The number of rotatable bonds is 19. The summed E-state index contributed by atoms with van der Waals surface area (Å²) in [6.45, 7) is 14.5. The monoisotopic (exact) mass is 346 g/mol. The third kappa shape index (κ3) is 18.2. The summed E-state index contributed by atoms with van der Waals surface area (Å²) < 4.78 is 22.2. The summed E-state index contributed by atoms with van der Waals surface area (Å²) in [5.41, 5.74) is 0. The summed E-state index contributed by atoms with van der Waals surface area (Å²) in [5.74, 6) is 1.30. The Hall–Kier alpha value is -0.160. The molecule has 0 aliphatic rings. The fraction of sp³-hybridized carbons (Fsp3) is 1.00. The summed E-state index contributed by atoms with van der Waals surface area (Å²) in [4.78, 5) is 0. The number of ether oxygens (including phenoxy) is 4. The molecule has 0 saturated carbocycles. The fourth-order valence-corrected chi connectivity index (χ4v) is 2.40. The highest BCUT2D eigenvalue weighted by Gasteiger charge is 2.02. The third-order valence-corrected chi connectivity index (χ3v) is 4.02. The van der Waals surface area contributed by atoms with Crippen LogP contribution in [-0.4, -0.2) is 52.9 Å². The van der Waals surface area contributed by atoms with Gasteiger partial charge in [0.05, 0.1) is 39.6 Å². The lowest BCUT2D eigenvalue weighted by Crippen LogP contribution is -2.14. The zero-order chi connectivity index (χ0) is 17.9. The molecule has 4 nitrogen and oxygen atoms in total. The summed E-state index contributed by atoms with van der Waals surface area (Å²) in [6, 6.07) is 0. The van der Waals surface area contributed by atoms with Crippen molar-refractivity contribution in [3.05, 3.63) is 0 Å². The van der Waals surface area contributed by atoms with Gasteiger partial charge in [0.25, 0.3) is 0 Å². The molecule has 0 aromatic rings. The topological polar surface area (TPSA) is 36.9 Å².